The molecule has 0 spiro atoms. The molecule has 2 aliphatic rings. The van der Waals surface area contributed by atoms with Crippen molar-refractivity contribution in [3.05, 3.63) is 41.8 Å². The van der Waals surface area contributed by atoms with Gasteiger partial charge in [0, 0.05) is 13.2 Å². The highest BCUT2D eigenvalue weighted by molar-refractivity contribution is 5.78. The van der Waals surface area contributed by atoms with Gasteiger partial charge in [0.2, 0.25) is 17.6 Å². The summed E-state index contributed by atoms with van der Waals surface area (Å²) < 4.78 is 29.5. The molecule has 2 aromatic rings. The van der Waals surface area contributed by atoms with Gasteiger partial charge in [0.25, 0.3) is 0 Å². The van der Waals surface area contributed by atoms with Gasteiger partial charge in [-0.2, -0.15) is 4.98 Å². The second-order valence-corrected chi connectivity index (χ2v) is 6.00. The maximum atomic E-state index is 12.9. The first kappa shape index (κ1) is 15.1. The summed E-state index contributed by atoms with van der Waals surface area (Å²) in [6.07, 6.45) is 0.778. The molecule has 0 unspecified atom stereocenters. The topological polar surface area (TPSA) is 86.5 Å². The molecule has 2 atom stereocenters. The maximum absolute atomic E-state index is 12.9. The molecule has 1 aromatic carbocycles. The lowest BCUT2D eigenvalue weighted by Crippen LogP contribution is -2.53. The lowest BCUT2D eigenvalue weighted by Gasteiger charge is -2.34. The summed E-state index contributed by atoms with van der Waals surface area (Å²) >= 11 is 0. The van der Waals surface area contributed by atoms with Crippen LogP contribution in [-0.4, -0.2) is 35.3 Å². The van der Waals surface area contributed by atoms with Gasteiger partial charge in [0.15, 0.2) is 6.61 Å². The first-order valence-electron chi connectivity index (χ1n) is 7.75. The Morgan fingerprint density at radius 1 is 1.38 bits per heavy atom. The number of halogens is 1. The SMILES string of the molecule is O=C1C[C@@H]2OCC[C@]2(c2nc(COc3ccc(F)cc3)no2)CN1. The fourth-order valence-electron chi connectivity index (χ4n) is 3.17. The standard InChI is InChI=1S/C16H16FN3O4/c17-10-1-3-11(4-2-10)23-8-13-19-15(24-20-13)16-5-6-22-12(16)7-14(21)18-9-16/h1-4,12H,5-9H2,(H,18,21)/t12-,16-/m0/s1. The maximum Gasteiger partial charge on any atom is 0.237 e. The number of piperidine rings is 1. The first-order chi connectivity index (χ1) is 11.7. The lowest BCUT2D eigenvalue weighted by atomic mass is 9.77. The molecular formula is C16H16FN3O4. The number of nitrogens with one attached hydrogen (secondary N) is 1. The van der Waals surface area contributed by atoms with Crippen LogP contribution < -0.4 is 10.1 Å². The predicted molar refractivity (Wildman–Crippen MR) is 78.7 cm³/mol. The molecule has 0 saturated carbocycles. The largest absolute Gasteiger partial charge is 0.485 e. The van der Waals surface area contributed by atoms with Crippen LogP contribution in [0.4, 0.5) is 4.39 Å². The zero-order valence-corrected chi connectivity index (χ0v) is 12.8. The van der Waals surface area contributed by atoms with Crippen molar-refractivity contribution in [3.8, 4) is 5.75 Å². The second kappa shape index (κ2) is 5.86. The molecule has 0 radical (unpaired) electrons. The van der Waals surface area contributed by atoms with E-state index >= 15 is 0 Å². The Bertz CT molecular complexity index is 748. The van der Waals surface area contributed by atoms with Gasteiger partial charge in [-0.3, -0.25) is 4.79 Å². The van der Waals surface area contributed by atoms with Crippen molar-refractivity contribution < 1.29 is 23.2 Å². The molecule has 2 fully saturated rings. The minimum absolute atomic E-state index is 0.0306. The van der Waals surface area contributed by atoms with Crippen molar-refractivity contribution in [3.63, 3.8) is 0 Å². The van der Waals surface area contributed by atoms with E-state index in [0.717, 1.165) is 6.42 Å². The summed E-state index contributed by atoms with van der Waals surface area (Å²) in [5.74, 6) is 1.02. The van der Waals surface area contributed by atoms with Crippen LogP contribution in [0.1, 0.15) is 24.6 Å². The van der Waals surface area contributed by atoms with Crippen LogP contribution in [0.25, 0.3) is 0 Å². The minimum Gasteiger partial charge on any atom is -0.485 e. The second-order valence-electron chi connectivity index (χ2n) is 6.00. The van der Waals surface area contributed by atoms with Crippen LogP contribution in [0.2, 0.25) is 0 Å². The number of aromatic nitrogens is 2. The van der Waals surface area contributed by atoms with Crippen molar-refractivity contribution in [1.29, 1.82) is 0 Å². The summed E-state index contributed by atoms with van der Waals surface area (Å²) in [5, 5.41) is 6.80. The monoisotopic (exact) mass is 333 g/mol. The highest BCUT2D eigenvalue weighted by atomic mass is 19.1. The van der Waals surface area contributed by atoms with Crippen molar-refractivity contribution in [1.82, 2.24) is 15.5 Å². The number of rotatable bonds is 4. The zero-order valence-electron chi connectivity index (χ0n) is 12.8. The van der Waals surface area contributed by atoms with E-state index in [1.54, 1.807) is 0 Å². The van der Waals surface area contributed by atoms with E-state index in [9.17, 15) is 9.18 Å². The van der Waals surface area contributed by atoms with E-state index in [4.69, 9.17) is 14.0 Å². The van der Waals surface area contributed by atoms with Crippen LogP contribution in [-0.2, 0) is 21.6 Å². The van der Waals surface area contributed by atoms with Crippen LogP contribution in [0.5, 0.6) is 5.75 Å². The summed E-state index contributed by atoms with van der Waals surface area (Å²) in [7, 11) is 0. The van der Waals surface area contributed by atoms with E-state index in [2.05, 4.69) is 15.5 Å². The summed E-state index contributed by atoms with van der Waals surface area (Å²) in [6.45, 7) is 1.10. The van der Waals surface area contributed by atoms with E-state index in [1.807, 2.05) is 0 Å². The fraction of sp³-hybridized carbons (Fsp3) is 0.438. The summed E-state index contributed by atoms with van der Waals surface area (Å²) in [6, 6.07) is 5.71. The Kier molecular flexibility index (Phi) is 3.68. The number of benzene rings is 1. The van der Waals surface area contributed by atoms with Crippen molar-refractivity contribution in [2.75, 3.05) is 13.2 Å². The molecule has 0 aliphatic carbocycles. The van der Waals surface area contributed by atoms with E-state index in [0.29, 0.717) is 37.0 Å². The third-order valence-electron chi connectivity index (χ3n) is 4.53. The average molecular weight is 333 g/mol. The van der Waals surface area contributed by atoms with Gasteiger partial charge in [-0.15, -0.1) is 0 Å². The van der Waals surface area contributed by atoms with Crippen LogP contribution >= 0.6 is 0 Å². The molecule has 24 heavy (non-hydrogen) atoms. The molecule has 1 amide bonds. The molecule has 1 aromatic heterocycles. The van der Waals surface area contributed by atoms with E-state index < -0.39 is 5.41 Å². The molecule has 1 N–H and O–H groups in total. The van der Waals surface area contributed by atoms with Crippen LogP contribution in [0.3, 0.4) is 0 Å². The molecule has 4 rings (SSSR count). The quantitative estimate of drug-likeness (QED) is 0.908. The Balaban J connectivity index is 1.48. The van der Waals surface area contributed by atoms with Gasteiger partial charge in [-0.05, 0) is 30.7 Å². The normalized spacial score (nSPS) is 26.0. The highest BCUT2D eigenvalue weighted by Gasteiger charge is 2.53. The number of hydrogen-bond acceptors (Lipinski definition) is 6. The molecule has 8 heteroatoms. The van der Waals surface area contributed by atoms with Gasteiger partial charge in [-0.1, -0.05) is 5.16 Å². The molecule has 0 bridgehead atoms. The first-order valence-corrected chi connectivity index (χ1v) is 7.75. The number of ether oxygens (including phenoxy) is 2. The Labute approximate surface area is 137 Å². The minimum atomic E-state index is -0.463. The third-order valence-corrected chi connectivity index (χ3v) is 4.53. The average Bonchev–Trinajstić information content (AvgIpc) is 3.21. The molecule has 3 heterocycles. The summed E-state index contributed by atoms with van der Waals surface area (Å²) in [5.41, 5.74) is -0.463. The zero-order chi connectivity index (χ0) is 16.6. The Morgan fingerprint density at radius 3 is 3.04 bits per heavy atom. The number of amides is 1. The Hall–Kier alpha value is -2.48. The highest BCUT2D eigenvalue weighted by Crippen LogP contribution is 2.40. The Morgan fingerprint density at radius 2 is 2.21 bits per heavy atom. The summed E-state index contributed by atoms with van der Waals surface area (Å²) in [4.78, 5) is 16.0. The number of hydrogen-bond donors (Lipinski definition) is 1. The third kappa shape index (κ3) is 2.62. The van der Waals surface area contributed by atoms with Crippen molar-refractivity contribution >= 4 is 5.91 Å². The van der Waals surface area contributed by atoms with E-state index in [-0.39, 0.29) is 24.4 Å². The molecular weight excluding hydrogens is 317 g/mol. The van der Waals surface area contributed by atoms with Gasteiger partial charge in [-0.25, -0.2) is 4.39 Å². The van der Waals surface area contributed by atoms with Crippen LogP contribution in [0, 0.1) is 5.82 Å². The van der Waals surface area contributed by atoms with Gasteiger partial charge >= 0.3 is 0 Å². The number of carbonyl (C=O) groups excluding carboxylic acids is 1. The van der Waals surface area contributed by atoms with Gasteiger partial charge in [0.1, 0.15) is 11.6 Å². The van der Waals surface area contributed by atoms with E-state index in [1.165, 1.54) is 24.3 Å². The van der Waals surface area contributed by atoms with Gasteiger partial charge < -0.3 is 19.3 Å². The molecule has 126 valence electrons. The smallest absolute Gasteiger partial charge is 0.237 e. The lowest BCUT2D eigenvalue weighted by molar-refractivity contribution is -0.127. The number of fused-ring (bicyclic) bond motifs is 1. The number of carbonyl (C=O) groups is 1. The molecule has 2 aliphatic heterocycles. The van der Waals surface area contributed by atoms with Crippen molar-refractivity contribution in [2.45, 2.75) is 31.0 Å². The van der Waals surface area contributed by atoms with Gasteiger partial charge in [0.05, 0.1) is 17.9 Å². The fourth-order valence-corrected chi connectivity index (χ4v) is 3.17. The molecule has 7 nitrogen and oxygen atoms in total. The molecule has 2 saturated heterocycles. The van der Waals surface area contributed by atoms with Crippen LogP contribution in [0.15, 0.2) is 28.8 Å². The predicted octanol–water partition coefficient (Wildman–Crippen LogP) is 1.33. The number of nitrogens with zero attached hydrogens (tertiary/aromatic N) is 2. The van der Waals surface area contributed by atoms with Crippen molar-refractivity contribution in [2.24, 2.45) is 0 Å².